The number of carbonyl (C=O) groups is 4. The highest BCUT2D eigenvalue weighted by atomic mass is 17.0. The number of rotatable bonds is 0. The van der Waals surface area contributed by atoms with E-state index in [0.717, 1.165) is 0 Å². The van der Waals surface area contributed by atoms with E-state index in [1.165, 1.54) is 13.8 Å². The lowest BCUT2D eigenvalue weighted by Gasteiger charge is -2.53. The van der Waals surface area contributed by atoms with E-state index in [4.69, 9.17) is 37.6 Å². The topological polar surface area (TPSA) is 260 Å². The molecular formula is C46H72BNO16. The van der Waals surface area contributed by atoms with Crippen LogP contribution in [0.1, 0.15) is 131 Å². The summed E-state index contributed by atoms with van der Waals surface area (Å²) in [5, 5.41) is 46.4. The van der Waals surface area contributed by atoms with E-state index in [2.05, 4.69) is 0 Å². The number of esters is 2. The van der Waals surface area contributed by atoms with Gasteiger partial charge in [-0.1, -0.05) is 62.5 Å². The van der Waals surface area contributed by atoms with Crippen molar-refractivity contribution >= 4 is 30.5 Å². The van der Waals surface area contributed by atoms with Crippen LogP contribution in [0.2, 0.25) is 0 Å². The first kappa shape index (κ1) is 51.8. The molecule has 0 aliphatic carbocycles. The molecule has 6 heterocycles. The van der Waals surface area contributed by atoms with Gasteiger partial charge in [0, 0.05) is 24.7 Å². The maximum Gasteiger partial charge on any atom is 0.536 e. The van der Waals surface area contributed by atoms with Gasteiger partial charge in [0.25, 0.3) is 0 Å². The number of Topliss-reactive ketones (excluding diaryl/α,β-unsaturated/α-hetero) is 2. The van der Waals surface area contributed by atoms with Crippen molar-refractivity contribution in [3.63, 3.8) is 0 Å². The van der Waals surface area contributed by atoms with Crippen molar-refractivity contribution in [2.45, 2.75) is 203 Å². The van der Waals surface area contributed by atoms with Crippen LogP contribution in [-0.2, 0) is 56.7 Å². The van der Waals surface area contributed by atoms with Gasteiger partial charge in [-0.15, -0.1) is 0 Å². The van der Waals surface area contributed by atoms with Crippen LogP contribution in [0.5, 0.6) is 0 Å². The second kappa shape index (κ2) is 21.2. The summed E-state index contributed by atoms with van der Waals surface area (Å²) in [7, 11) is 0. The molecule has 6 rings (SSSR count). The van der Waals surface area contributed by atoms with Crippen molar-refractivity contribution in [1.82, 2.24) is 6.15 Å². The van der Waals surface area contributed by atoms with Crippen LogP contribution in [0.25, 0.3) is 0 Å². The SMILES string of the molecule is C[C@@H]1C(=O)C[C@@H](O)CC/C=C/C=C\CC[C@H](C)OC(=O)[C@@H]2O[B-]34O[C@@H](C(=O)O[C@@H](C)CC/C=C\C=C\CC[C@H](O)CC(=O)[C@@H](C)[C@@H]5CC[C@](C)(O)[C@]2(O5)O3)[C@@]2(O[C@H]1CC[C@]2(C)O)O4.[NH4+]. The number of quaternary nitrogens is 1. The van der Waals surface area contributed by atoms with Crippen molar-refractivity contribution in [3.8, 4) is 0 Å². The number of aliphatic hydroxyl groups excluding tert-OH is 2. The van der Waals surface area contributed by atoms with Gasteiger partial charge in [-0.05, 0) is 105 Å². The highest BCUT2D eigenvalue weighted by Crippen LogP contribution is 2.57. The summed E-state index contributed by atoms with van der Waals surface area (Å²) in [5.41, 5.74) is -4.13. The van der Waals surface area contributed by atoms with Gasteiger partial charge in [0.15, 0.2) is 23.8 Å². The number of hydrogen-bond donors (Lipinski definition) is 5. The number of hydrogen-bond acceptors (Lipinski definition) is 16. The summed E-state index contributed by atoms with van der Waals surface area (Å²) < 4.78 is 51.2. The average Bonchev–Trinajstić information content (AvgIpc) is 3.72. The van der Waals surface area contributed by atoms with Crippen molar-refractivity contribution in [2.75, 3.05) is 0 Å². The second-order valence-electron chi connectivity index (χ2n) is 18.9. The van der Waals surface area contributed by atoms with Crippen molar-refractivity contribution in [3.05, 3.63) is 48.6 Å². The van der Waals surface area contributed by atoms with E-state index >= 15 is 0 Å². The molecule has 4 saturated heterocycles. The minimum absolute atomic E-state index is 0. The Balaban J connectivity index is 0.00000771. The average molecular weight is 906 g/mol. The lowest BCUT2D eigenvalue weighted by molar-refractivity contribution is -0.345. The molecule has 0 unspecified atom stereocenters. The molecule has 6 aliphatic rings. The van der Waals surface area contributed by atoms with Gasteiger partial charge in [0.2, 0.25) is 0 Å². The van der Waals surface area contributed by atoms with Gasteiger partial charge in [0.05, 0.1) is 36.6 Å². The van der Waals surface area contributed by atoms with Gasteiger partial charge in [-0.25, -0.2) is 9.59 Å². The van der Waals surface area contributed by atoms with Gasteiger partial charge in [-0.3, -0.25) is 9.59 Å². The Kier molecular flexibility index (Phi) is 17.2. The predicted octanol–water partition coefficient (Wildman–Crippen LogP) is 5.03. The first-order valence-corrected chi connectivity index (χ1v) is 22.9. The van der Waals surface area contributed by atoms with E-state index in [9.17, 15) is 39.6 Å². The molecule has 14 atom stereocenters. The van der Waals surface area contributed by atoms with Crippen LogP contribution >= 0.6 is 0 Å². The van der Waals surface area contributed by atoms with Gasteiger partial charge < -0.3 is 64.1 Å². The summed E-state index contributed by atoms with van der Waals surface area (Å²) in [6.45, 7) is 5.49. The monoisotopic (exact) mass is 905 g/mol. The van der Waals surface area contributed by atoms with Crippen LogP contribution in [-0.4, -0.2) is 122 Å². The van der Waals surface area contributed by atoms with E-state index in [1.54, 1.807) is 27.7 Å². The number of aliphatic hydroxyl groups is 4. The molecule has 360 valence electrons. The molecule has 8 N–H and O–H groups in total. The molecular weight excluding hydrogens is 833 g/mol. The van der Waals surface area contributed by atoms with Crippen LogP contribution in [0.3, 0.4) is 0 Å². The van der Waals surface area contributed by atoms with Gasteiger partial charge in [0.1, 0.15) is 22.8 Å². The molecule has 0 aromatic heterocycles. The van der Waals surface area contributed by atoms with E-state index < -0.39 is 102 Å². The number of fused-ring (bicyclic) bond motifs is 4. The van der Waals surface area contributed by atoms with Crippen molar-refractivity contribution < 1.29 is 77.2 Å². The van der Waals surface area contributed by atoms with Crippen LogP contribution in [0, 0.1) is 11.8 Å². The fourth-order valence-electron chi connectivity index (χ4n) is 9.40. The quantitative estimate of drug-likeness (QED) is 0.158. The van der Waals surface area contributed by atoms with Gasteiger partial charge >= 0.3 is 18.9 Å². The van der Waals surface area contributed by atoms with Crippen molar-refractivity contribution in [1.29, 1.82) is 0 Å². The molecule has 6 aliphatic heterocycles. The lowest BCUT2D eigenvalue weighted by atomic mass is 9.79. The molecule has 7 bridgehead atoms. The zero-order valence-electron chi connectivity index (χ0n) is 38.6. The first-order valence-electron chi connectivity index (χ1n) is 22.9. The Hall–Kier alpha value is -3.14. The third kappa shape index (κ3) is 11.2. The molecule has 0 saturated carbocycles. The highest BCUT2D eigenvalue weighted by Gasteiger charge is 2.77. The van der Waals surface area contributed by atoms with Crippen LogP contribution in [0.4, 0.5) is 0 Å². The maximum atomic E-state index is 14.5. The van der Waals surface area contributed by atoms with Gasteiger partial charge in [-0.2, -0.15) is 0 Å². The number of ether oxygens (including phenoxy) is 4. The number of cyclic esters (lactones) is 2. The molecule has 0 radical (unpaired) electrons. The minimum Gasteiger partial charge on any atom is -0.504 e. The van der Waals surface area contributed by atoms with Crippen LogP contribution in [0.15, 0.2) is 48.6 Å². The Labute approximate surface area is 376 Å². The highest BCUT2D eigenvalue weighted by molar-refractivity contribution is 6.56. The third-order valence-electron chi connectivity index (χ3n) is 13.6. The standard InChI is InChI=1S/C46H68BO16.H3N/c1-29-19-15-11-7-9-13-17-21-33(48)28-36(51)32(4)38-24-26-44(6,55)46(59-38)40-42(53)57-30(2)20-16-12-8-10-14-18-22-34(49)27-35(50)31(3)37-23-25-43(5,54)45(58-37)39(41(52)56-29)60-47(61-40,62-45)63-46;/h7-14,29-34,37-40,48-49,54-55H,15-28H2,1-6H3;1H3/q-1;/p+1/b11-7-,12-8-,13-9+,14-10+;/t29-,30-,31+,32+,33-,34-,37-,38-,39-,40-,43-,44-,45+,46+,47?;/m0./s1. The molecule has 17 nitrogen and oxygen atoms in total. The number of carbonyl (C=O) groups excluding carboxylic acids is 4. The zero-order valence-corrected chi connectivity index (χ0v) is 38.6. The Morgan fingerprint density at radius 1 is 0.562 bits per heavy atom. The first-order chi connectivity index (χ1) is 29.7. The maximum absolute atomic E-state index is 14.5. The fourth-order valence-corrected chi connectivity index (χ4v) is 9.40. The predicted molar refractivity (Wildman–Crippen MR) is 233 cm³/mol. The summed E-state index contributed by atoms with van der Waals surface area (Å²) in [6.07, 6.45) is 8.97. The molecule has 0 amide bonds. The minimum atomic E-state index is -3.90. The summed E-state index contributed by atoms with van der Waals surface area (Å²) in [4.78, 5) is 56.6. The molecule has 0 aromatic rings. The lowest BCUT2D eigenvalue weighted by Crippen LogP contribution is -2.68. The second-order valence-corrected chi connectivity index (χ2v) is 18.9. The number of allylic oxidation sites excluding steroid dienone is 8. The molecule has 64 heavy (non-hydrogen) atoms. The summed E-state index contributed by atoms with van der Waals surface area (Å²) in [5.74, 6) is -9.43. The summed E-state index contributed by atoms with van der Waals surface area (Å²) >= 11 is 0. The number of ketones is 2. The molecule has 4 fully saturated rings. The smallest absolute Gasteiger partial charge is 0.504 e. The zero-order chi connectivity index (χ0) is 45.8. The Morgan fingerprint density at radius 2 is 0.906 bits per heavy atom. The molecule has 18 heteroatoms. The van der Waals surface area contributed by atoms with Crippen molar-refractivity contribution in [2.24, 2.45) is 11.8 Å². The molecule has 0 aromatic carbocycles. The van der Waals surface area contributed by atoms with Crippen LogP contribution < -0.4 is 6.15 Å². The Morgan fingerprint density at radius 3 is 1.27 bits per heavy atom. The summed E-state index contributed by atoms with van der Waals surface area (Å²) in [6, 6.07) is 0. The van der Waals surface area contributed by atoms with E-state index in [0.29, 0.717) is 51.4 Å². The molecule has 3 spiro atoms. The van der Waals surface area contributed by atoms with E-state index in [-0.39, 0.29) is 56.2 Å². The fraction of sp³-hybridized carbons (Fsp3) is 0.739. The van der Waals surface area contributed by atoms with E-state index in [1.807, 2.05) is 48.6 Å². The largest absolute Gasteiger partial charge is 0.536 e. The third-order valence-corrected chi connectivity index (χ3v) is 13.6. The normalized spacial score (nSPS) is 46.7. The Bertz CT molecular complexity index is 1660.